The number of anilines is 1. The summed E-state index contributed by atoms with van der Waals surface area (Å²) in [6.45, 7) is 6.50. The number of nitrogens with zero attached hydrogens (tertiary/aromatic N) is 1. The van der Waals surface area contributed by atoms with Crippen molar-refractivity contribution in [1.29, 1.82) is 0 Å². The van der Waals surface area contributed by atoms with Gasteiger partial charge < -0.3 is 11.1 Å². The van der Waals surface area contributed by atoms with Crippen molar-refractivity contribution in [3.05, 3.63) is 24.0 Å². The Morgan fingerprint density at radius 1 is 1.50 bits per heavy atom. The van der Waals surface area contributed by atoms with Crippen LogP contribution in [0.2, 0.25) is 0 Å². The summed E-state index contributed by atoms with van der Waals surface area (Å²) >= 11 is 4.99. The molecule has 0 unspecified atom stereocenters. The summed E-state index contributed by atoms with van der Waals surface area (Å²) in [5.74, 6) is 0. The Labute approximate surface area is 102 Å². The molecular formula is C12H19N3S. The molecule has 1 aromatic rings. The number of nitrogens with two attached hydrogens (primary N) is 1. The monoisotopic (exact) mass is 237 g/mol. The minimum absolute atomic E-state index is 0.0581. The lowest BCUT2D eigenvalue weighted by Crippen LogP contribution is -2.34. The van der Waals surface area contributed by atoms with E-state index in [1.165, 1.54) is 0 Å². The van der Waals surface area contributed by atoms with E-state index in [0.29, 0.717) is 10.7 Å². The highest BCUT2D eigenvalue weighted by atomic mass is 32.1. The van der Waals surface area contributed by atoms with Gasteiger partial charge in [0, 0.05) is 11.7 Å². The van der Waals surface area contributed by atoms with E-state index < -0.39 is 0 Å². The Morgan fingerprint density at radius 2 is 2.12 bits per heavy atom. The Hall–Kier alpha value is -1.16. The number of thiocarbonyl (C=S) groups is 1. The lowest BCUT2D eigenvalue weighted by molar-refractivity contribution is 0.478. The molecule has 1 rings (SSSR count). The largest absolute Gasteiger partial charge is 0.388 e. The summed E-state index contributed by atoms with van der Waals surface area (Å²) in [7, 11) is 0. The van der Waals surface area contributed by atoms with Gasteiger partial charge in [-0.25, -0.2) is 0 Å². The Morgan fingerprint density at radius 3 is 2.62 bits per heavy atom. The third-order valence-corrected chi connectivity index (χ3v) is 3.23. The van der Waals surface area contributed by atoms with Crippen molar-refractivity contribution in [2.45, 2.75) is 39.2 Å². The third-order valence-electron chi connectivity index (χ3n) is 3.04. The van der Waals surface area contributed by atoms with Crippen LogP contribution in [0.5, 0.6) is 0 Å². The van der Waals surface area contributed by atoms with Crippen LogP contribution in [-0.4, -0.2) is 15.5 Å². The van der Waals surface area contributed by atoms with E-state index >= 15 is 0 Å². The molecule has 0 atom stereocenters. The fraction of sp³-hybridized carbons (Fsp3) is 0.500. The van der Waals surface area contributed by atoms with Gasteiger partial charge in [-0.2, -0.15) is 0 Å². The average molecular weight is 237 g/mol. The zero-order valence-corrected chi connectivity index (χ0v) is 10.9. The van der Waals surface area contributed by atoms with Crippen molar-refractivity contribution in [2.75, 3.05) is 5.32 Å². The quantitative estimate of drug-likeness (QED) is 0.773. The molecular weight excluding hydrogens is 218 g/mol. The molecule has 0 spiro atoms. The zero-order chi connectivity index (χ0) is 12.2. The second-order valence-corrected chi connectivity index (χ2v) is 4.60. The van der Waals surface area contributed by atoms with Gasteiger partial charge >= 0.3 is 0 Å². The fourth-order valence-electron chi connectivity index (χ4n) is 1.45. The zero-order valence-electron chi connectivity index (χ0n) is 10.1. The Bertz CT molecular complexity index is 372. The van der Waals surface area contributed by atoms with Crippen LogP contribution in [0.1, 0.15) is 39.3 Å². The highest BCUT2D eigenvalue weighted by Gasteiger charge is 2.20. The van der Waals surface area contributed by atoms with Gasteiger partial charge in [0.2, 0.25) is 0 Å². The first-order chi connectivity index (χ1) is 7.52. The van der Waals surface area contributed by atoms with E-state index in [9.17, 15) is 0 Å². The molecule has 1 aromatic heterocycles. The van der Waals surface area contributed by atoms with E-state index in [1.54, 1.807) is 6.20 Å². The standard InChI is InChI=1S/C12H19N3S/c1-4-12(3,5-2)15-9-7-6-8-14-10(9)11(13)16/h6-8,15H,4-5H2,1-3H3,(H2,13,16). The summed E-state index contributed by atoms with van der Waals surface area (Å²) in [6, 6.07) is 3.85. The lowest BCUT2D eigenvalue weighted by Gasteiger charge is -2.30. The molecule has 4 heteroatoms. The van der Waals surface area contributed by atoms with E-state index in [-0.39, 0.29) is 5.54 Å². The van der Waals surface area contributed by atoms with Gasteiger partial charge in [-0.3, -0.25) is 4.98 Å². The van der Waals surface area contributed by atoms with E-state index in [4.69, 9.17) is 18.0 Å². The van der Waals surface area contributed by atoms with Crippen LogP contribution < -0.4 is 11.1 Å². The number of aromatic nitrogens is 1. The Balaban J connectivity index is 3.01. The van der Waals surface area contributed by atoms with Gasteiger partial charge in [0.05, 0.1) is 5.69 Å². The highest BCUT2D eigenvalue weighted by Crippen LogP contribution is 2.23. The summed E-state index contributed by atoms with van der Waals surface area (Å²) in [5, 5.41) is 3.47. The molecule has 16 heavy (non-hydrogen) atoms. The van der Waals surface area contributed by atoms with Gasteiger partial charge in [0.15, 0.2) is 0 Å². The predicted octanol–water partition coefficient (Wildman–Crippen LogP) is 2.71. The summed E-state index contributed by atoms with van der Waals surface area (Å²) in [4.78, 5) is 4.53. The SMILES string of the molecule is CCC(C)(CC)Nc1cccnc1C(N)=S. The van der Waals surface area contributed by atoms with Gasteiger partial charge in [0.1, 0.15) is 10.7 Å². The first-order valence-corrected chi connectivity index (χ1v) is 5.96. The molecule has 0 fully saturated rings. The summed E-state index contributed by atoms with van der Waals surface area (Å²) in [6.07, 6.45) is 3.78. The molecule has 0 aliphatic heterocycles. The van der Waals surface area contributed by atoms with E-state index in [1.807, 2.05) is 12.1 Å². The van der Waals surface area contributed by atoms with Crippen molar-refractivity contribution in [3.63, 3.8) is 0 Å². The summed E-state index contributed by atoms with van der Waals surface area (Å²) < 4.78 is 0. The van der Waals surface area contributed by atoms with Crippen molar-refractivity contribution >= 4 is 22.9 Å². The van der Waals surface area contributed by atoms with E-state index in [0.717, 1.165) is 18.5 Å². The molecule has 0 aromatic carbocycles. The number of rotatable bonds is 5. The van der Waals surface area contributed by atoms with Crippen molar-refractivity contribution < 1.29 is 0 Å². The average Bonchev–Trinajstić information content (AvgIpc) is 2.29. The minimum Gasteiger partial charge on any atom is -0.388 e. The third kappa shape index (κ3) is 2.92. The summed E-state index contributed by atoms with van der Waals surface area (Å²) in [5.41, 5.74) is 7.29. The number of pyridine rings is 1. The van der Waals surface area contributed by atoms with Crippen LogP contribution in [0.25, 0.3) is 0 Å². The molecule has 0 saturated carbocycles. The molecule has 0 bridgehead atoms. The first kappa shape index (κ1) is 12.9. The molecule has 0 amide bonds. The van der Waals surface area contributed by atoms with Crippen LogP contribution in [0, 0.1) is 0 Å². The second kappa shape index (κ2) is 5.25. The molecule has 3 nitrogen and oxygen atoms in total. The first-order valence-electron chi connectivity index (χ1n) is 5.55. The van der Waals surface area contributed by atoms with Crippen LogP contribution in [-0.2, 0) is 0 Å². The molecule has 1 heterocycles. The van der Waals surface area contributed by atoms with Gasteiger partial charge in [-0.05, 0) is 31.9 Å². The van der Waals surface area contributed by atoms with Crippen LogP contribution >= 0.6 is 12.2 Å². The van der Waals surface area contributed by atoms with Gasteiger partial charge in [-0.1, -0.05) is 26.1 Å². The minimum atomic E-state index is 0.0581. The molecule has 0 radical (unpaired) electrons. The molecule has 3 N–H and O–H groups in total. The van der Waals surface area contributed by atoms with Crippen molar-refractivity contribution in [3.8, 4) is 0 Å². The Kier molecular flexibility index (Phi) is 4.24. The number of nitrogens with one attached hydrogen (secondary N) is 1. The van der Waals surface area contributed by atoms with Crippen molar-refractivity contribution in [2.24, 2.45) is 5.73 Å². The smallest absolute Gasteiger partial charge is 0.124 e. The second-order valence-electron chi connectivity index (χ2n) is 4.16. The van der Waals surface area contributed by atoms with E-state index in [2.05, 4.69) is 31.1 Å². The topological polar surface area (TPSA) is 50.9 Å². The van der Waals surface area contributed by atoms with Gasteiger partial charge in [-0.15, -0.1) is 0 Å². The maximum Gasteiger partial charge on any atom is 0.124 e. The normalized spacial score (nSPS) is 11.2. The van der Waals surface area contributed by atoms with Crippen molar-refractivity contribution in [1.82, 2.24) is 4.98 Å². The highest BCUT2D eigenvalue weighted by molar-refractivity contribution is 7.80. The molecule has 0 aliphatic carbocycles. The number of hydrogen-bond acceptors (Lipinski definition) is 3. The van der Waals surface area contributed by atoms with Crippen LogP contribution in [0.15, 0.2) is 18.3 Å². The molecule has 0 saturated heterocycles. The molecule has 88 valence electrons. The fourth-order valence-corrected chi connectivity index (χ4v) is 1.62. The number of hydrogen-bond donors (Lipinski definition) is 2. The molecule has 0 aliphatic rings. The maximum absolute atomic E-state index is 5.65. The lowest BCUT2D eigenvalue weighted by atomic mass is 9.95. The maximum atomic E-state index is 5.65. The van der Waals surface area contributed by atoms with Gasteiger partial charge in [0.25, 0.3) is 0 Å². The predicted molar refractivity (Wildman–Crippen MR) is 72.7 cm³/mol. The van der Waals surface area contributed by atoms with Crippen LogP contribution in [0.3, 0.4) is 0 Å². The van der Waals surface area contributed by atoms with Crippen LogP contribution in [0.4, 0.5) is 5.69 Å².